The molecule has 152 valence electrons. The van der Waals surface area contributed by atoms with Gasteiger partial charge in [-0.15, -0.1) is 35.3 Å². The lowest BCUT2D eigenvalue weighted by atomic mass is 10.2. The third kappa shape index (κ3) is 5.16. The van der Waals surface area contributed by atoms with Gasteiger partial charge in [-0.05, 0) is 39.8 Å². The lowest BCUT2D eigenvalue weighted by Gasteiger charge is -2.15. The molecule has 0 fully saturated rings. The van der Waals surface area contributed by atoms with E-state index in [1.807, 2.05) is 45.0 Å². The molecule has 3 rings (SSSR count). The average Bonchev–Trinajstić information content (AvgIpc) is 3.23. The molecule has 0 spiro atoms. The first kappa shape index (κ1) is 22.5. The number of furan rings is 1. The number of para-hydroxylation sites is 1. The average molecular weight is 514 g/mol. The number of ether oxygens (including phenoxy) is 1. The van der Waals surface area contributed by atoms with Crippen LogP contribution >= 0.6 is 35.3 Å². The van der Waals surface area contributed by atoms with Gasteiger partial charge in [0.15, 0.2) is 17.3 Å². The normalized spacial score (nSPS) is 12.5. The van der Waals surface area contributed by atoms with E-state index in [1.54, 1.807) is 18.4 Å². The number of hydrogen-bond acceptors (Lipinski definition) is 5. The second-order valence-electron chi connectivity index (χ2n) is 6.30. The van der Waals surface area contributed by atoms with E-state index in [2.05, 4.69) is 27.5 Å². The quantitative estimate of drug-likeness (QED) is 0.277. The molecule has 0 aliphatic heterocycles. The van der Waals surface area contributed by atoms with E-state index in [0.717, 1.165) is 33.2 Å². The Kier molecular flexibility index (Phi) is 8.11. The van der Waals surface area contributed by atoms with Crippen LogP contribution in [0.2, 0.25) is 0 Å². The van der Waals surface area contributed by atoms with E-state index < -0.39 is 0 Å². The molecule has 0 radical (unpaired) electrons. The zero-order chi connectivity index (χ0) is 19.4. The number of nitrogens with zero attached hydrogens (tertiary/aromatic N) is 2. The minimum Gasteiger partial charge on any atom is -0.490 e. The van der Waals surface area contributed by atoms with Crippen LogP contribution in [0.25, 0.3) is 11.0 Å². The zero-order valence-corrected chi connectivity index (χ0v) is 20.0. The van der Waals surface area contributed by atoms with Gasteiger partial charge < -0.3 is 19.8 Å². The fourth-order valence-corrected chi connectivity index (χ4v) is 3.66. The Labute approximate surface area is 186 Å². The van der Waals surface area contributed by atoms with E-state index in [0.29, 0.717) is 19.1 Å². The summed E-state index contributed by atoms with van der Waals surface area (Å²) in [6.45, 7) is 9.37. The van der Waals surface area contributed by atoms with Crippen molar-refractivity contribution in [2.45, 2.75) is 40.3 Å². The van der Waals surface area contributed by atoms with Gasteiger partial charge in [0.05, 0.1) is 24.9 Å². The largest absolute Gasteiger partial charge is 0.490 e. The maximum Gasteiger partial charge on any atom is 0.191 e. The summed E-state index contributed by atoms with van der Waals surface area (Å²) in [7, 11) is 1.76. The highest BCUT2D eigenvalue weighted by Crippen LogP contribution is 2.31. The van der Waals surface area contributed by atoms with Crippen molar-refractivity contribution in [3.8, 4) is 5.75 Å². The number of guanidine groups is 1. The van der Waals surface area contributed by atoms with Gasteiger partial charge in [0.25, 0.3) is 0 Å². The summed E-state index contributed by atoms with van der Waals surface area (Å²) < 4.78 is 11.7. The van der Waals surface area contributed by atoms with Crippen LogP contribution in [0.3, 0.4) is 0 Å². The summed E-state index contributed by atoms with van der Waals surface area (Å²) in [5.74, 6) is 2.31. The summed E-state index contributed by atoms with van der Waals surface area (Å²) >= 11 is 1.70. The molecular weight excluding hydrogens is 487 g/mol. The van der Waals surface area contributed by atoms with Crippen molar-refractivity contribution >= 4 is 52.2 Å². The van der Waals surface area contributed by atoms with Crippen LogP contribution in [-0.2, 0) is 6.54 Å². The highest BCUT2D eigenvalue weighted by Gasteiger charge is 2.15. The summed E-state index contributed by atoms with van der Waals surface area (Å²) in [5, 5.41) is 8.76. The molecule has 0 aliphatic carbocycles. The number of hydrogen-bond donors (Lipinski definition) is 2. The Morgan fingerprint density at radius 1 is 1.36 bits per heavy atom. The smallest absolute Gasteiger partial charge is 0.191 e. The Balaban J connectivity index is 0.00000280. The minimum atomic E-state index is -0.0437. The molecular formula is C20H27IN4O2S. The number of benzene rings is 1. The van der Waals surface area contributed by atoms with Crippen molar-refractivity contribution in [3.05, 3.63) is 45.6 Å². The summed E-state index contributed by atoms with van der Waals surface area (Å²) in [5.41, 5.74) is 1.86. The molecule has 0 bridgehead atoms. The number of thiazole rings is 1. The number of aryl methyl sites for hydroxylation is 2. The molecule has 28 heavy (non-hydrogen) atoms. The minimum absolute atomic E-state index is 0. The molecule has 1 unspecified atom stereocenters. The Hall–Kier alpha value is -1.81. The predicted molar refractivity (Wildman–Crippen MR) is 126 cm³/mol. The molecule has 2 N–H and O–H groups in total. The van der Waals surface area contributed by atoms with Crippen LogP contribution in [0.5, 0.6) is 5.75 Å². The summed E-state index contributed by atoms with van der Waals surface area (Å²) in [4.78, 5) is 10.1. The molecule has 6 nitrogen and oxygen atoms in total. The highest BCUT2D eigenvalue weighted by molar-refractivity contribution is 14.0. The Morgan fingerprint density at radius 3 is 2.79 bits per heavy atom. The summed E-state index contributed by atoms with van der Waals surface area (Å²) in [6.07, 6.45) is 0. The lowest BCUT2D eigenvalue weighted by Crippen LogP contribution is -2.38. The SMILES string of the molecule is CCOc1cccc2cc(C(C)NC(=NC)NCc3nc(C)c(C)s3)oc12.I. The van der Waals surface area contributed by atoms with E-state index in [9.17, 15) is 0 Å². The van der Waals surface area contributed by atoms with Crippen LogP contribution in [0.15, 0.2) is 33.7 Å². The fraction of sp³-hybridized carbons (Fsp3) is 0.400. The maximum atomic E-state index is 6.06. The number of rotatable bonds is 6. The van der Waals surface area contributed by atoms with Gasteiger partial charge in [-0.25, -0.2) is 4.98 Å². The number of fused-ring (bicyclic) bond motifs is 1. The second-order valence-corrected chi connectivity index (χ2v) is 7.59. The first-order valence-electron chi connectivity index (χ1n) is 9.07. The van der Waals surface area contributed by atoms with Crippen molar-refractivity contribution in [1.29, 1.82) is 0 Å². The van der Waals surface area contributed by atoms with E-state index in [-0.39, 0.29) is 30.0 Å². The molecule has 0 aliphatic rings. The van der Waals surface area contributed by atoms with Crippen LogP contribution in [0, 0.1) is 13.8 Å². The zero-order valence-electron chi connectivity index (χ0n) is 16.8. The van der Waals surface area contributed by atoms with Gasteiger partial charge in [0.1, 0.15) is 10.8 Å². The summed E-state index contributed by atoms with van der Waals surface area (Å²) in [6, 6.07) is 7.92. The molecule has 0 saturated heterocycles. The molecule has 1 aromatic carbocycles. The van der Waals surface area contributed by atoms with Crippen molar-refractivity contribution in [3.63, 3.8) is 0 Å². The van der Waals surface area contributed by atoms with Crippen molar-refractivity contribution < 1.29 is 9.15 Å². The number of nitrogens with one attached hydrogen (secondary N) is 2. The van der Waals surface area contributed by atoms with Crippen LogP contribution in [-0.4, -0.2) is 24.6 Å². The van der Waals surface area contributed by atoms with Gasteiger partial charge in [-0.2, -0.15) is 0 Å². The molecule has 0 amide bonds. The second kappa shape index (κ2) is 10.1. The number of halogens is 1. The lowest BCUT2D eigenvalue weighted by molar-refractivity contribution is 0.336. The monoisotopic (exact) mass is 514 g/mol. The molecule has 0 saturated carbocycles. The maximum absolute atomic E-state index is 6.06. The van der Waals surface area contributed by atoms with E-state index in [4.69, 9.17) is 9.15 Å². The van der Waals surface area contributed by atoms with Gasteiger partial charge >= 0.3 is 0 Å². The highest BCUT2D eigenvalue weighted by atomic mass is 127. The first-order chi connectivity index (χ1) is 13.0. The van der Waals surface area contributed by atoms with Crippen LogP contribution in [0.1, 0.15) is 41.2 Å². The van der Waals surface area contributed by atoms with E-state index in [1.165, 1.54) is 4.88 Å². The van der Waals surface area contributed by atoms with Crippen molar-refractivity contribution in [1.82, 2.24) is 15.6 Å². The molecule has 2 heterocycles. The Bertz CT molecular complexity index is 931. The molecule has 1 atom stereocenters. The van der Waals surface area contributed by atoms with Crippen LogP contribution < -0.4 is 15.4 Å². The van der Waals surface area contributed by atoms with Gasteiger partial charge in [-0.3, -0.25) is 4.99 Å². The molecule has 8 heteroatoms. The van der Waals surface area contributed by atoms with Gasteiger partial charge in [-0.1, -0.05) is 12.1 Å². The van der Waals surface area contributed by atoms with Crippen molar-refractivity contribution in [2.75, 3.05) is 13.7 Å². The third-order valence-electron chi connectivity index (χ3n) is 4.31. The topological polar surface area (TPSA) is 71.7 Å². The molecule has 2 aromatic heterocycles. The Morgan fingerprint density at radius 2 is 2.14 bits per heavy atom. The standard InChI is InChI=1S/C20H26N4O2S.HI/c1-6-25-16-9-7-8-15-10-17(26-19(15)16)13(3)24-20(21-5)22-11-18-23-12(2)14(4)27-18;/h7-10,13H,6,11H2,1-5H3,(H2,21,22,24);1H. The predicted octanol–water partition coefficient (Wildman–Crippen LogP) is 4.95. The molecule has 3 aromatic rings. The first-order valence-corrected chi connectivity index (χ1v) is 9.88. The third-order valence-corrected chi connectivity index (χ3v) is 5.38. The van der Waals surface area contributed by atoms with Crippen molar-refractivity contribution in [2.24, 2.45) is 4.99 Å². The number of aliphatic imine (C=N–C) groups is 1. The van der Waals surface area contributed by atoms with Gasteiger partial charge in [0, 0.05) is 17.3 Å². The van der Waals surface area contributed by atoms with E-state index >= 15 is 0 Å². The van der Waals surface area contributed by atoms with Gasteiger partial charge in [0.2, 0.25) is 0 Å². The van der Waals surface area contributed by atoms with Crippen LogP contribution in [0.4, 0.5) is 0 Å². The fourth-order valence-electron chi connectivity index (χ4n) is 2.78. The number of aromatic nitrogens is 1.